The first-order valence-corrected chi connectivity index (χ1v) is 6.31. The van der Waals surface area contributed by atoms with E-state index in [0.29, 0.717) is 11.7 Å². The minimum Gasteiger partial charge on any atom is -0.338 e. The predicted octanol–water partition coefficient (Wildman–Crippen LogP) is 2.94. The van der Waals surface area contributed by atoms with Crippen LogP contribution in [0.5, 0.6) is 0 Å². The summed E-state index contributed by atoms with van der Waals surface area (Å²) in [5.41, 5.74) is 6.33. The van der Waals surface area contributed by atoms with Crippen molar-refractivity contribution in [3.8, 4) is 0 Å². The number of rotatable bonds is 4. The van der Waals surface area contributed by atoms with Crippen molar-refractivity contribution in [2.45, 2.75) is 38.6 Å². The van der Waals surface area contributed by atoms with E-state index in [-0.39, 0.29) is 11.9 Å². The third-order valence-electron chi connectivity index (χ3n) is 3.32. The lowest BCUT2D eigenvalue weighted by Crippen LogP contribution is -2.21. The zero-order valence-electron chi connectivity index (χ0n) is 11.4. The van der Waals surface area contributed by atoms with Crippen molar-refractivity contribution in [2.24, 2.45) is 5.73 Å². The van der Waals surface area contributed by atoms with Gasteiger partial charge in [-0.3, -0.25) is 0 Å². The molecule has 1 atom stereocenters. The van der Waals surface area contributed by atoms with Gasteiger partial charge in [-0.1, -0.05) is 24.2 Å². The Kier molecular flexibility index (Phi) is 3.66. The summed E-state index contributed by atoms with van der Waals surface area (Å²) in [7, 11) is 0. The molecule has 2 N–H and O–H groups in total. The molecule has 1 aromatic heterocycles. The highest BCUT2D eigenvalue weighted by Crippen LogP contribution is 2.30. The monoisotopic (exact) mass is 263 g/mol. The fraction of sp³-hybridized carbons (Fsp3) is 0.429. The van der Waals surface area contributed by atoms with Crippen LogP contribution in [0.1, 0.15) is 50.5 Å². The van der Waals surface area contributed by atoms with Gasteiger partial charge in [0.1, 0.15) is 5.82 Å². The fourth-order valence-electron chi connectivity index (χ4n) is 1.81. The van der Waals surface area contributed by atoms with Crippen molar-refractivity contribution < 1.29 is 8.91 Å². The summed E-state index contributed by atoms with van der Waals surface area (Å²) in [6.45, 7) is 5.89. The van der Waals surface area contributed by atoms with Gasteiger partial charge in [0.2, 0.25) is 5.89 Å². The van der Waals surface area contributed by atoms with Crippen LogP contribution in [0.3, 0.4) is 0 Å². The number of hydrogen-bond acceptors (Lipinski definition) is 4. The van der Waals surface area contributed by atoms with Gasteiger partial charge in [-0.25, -0.2) is 4.39 Å². The molecule has 0 aliphatic carbocycles. The predicted molar refractivity (Wildman–Crippen MR) is 70.0 cm³/mol. The highest BCUT2D eigenvalue weighted by Gasteiger charge is 2.29. The highest BCUT2D eigenvalue weighted by atomic mass is 19.1. The van der Waals surface area contributed by atoms with Crippen molar-refractivity contribution in [3.05, 3.63) is 47.4 Å². The maximum atomic E-state index is 13.0. The molecule has 0 fully saturated rings. The molecule has 0 spiro atoms. The molecule has 0 amide bonds. The van der Waals surface area contributed by atoms with Gasteiger partial charge in [-0.15, -0.1) is 0 Å². The molecular formula is C14H18FN3O. The van der Waals surface area contributed by atoms with Crippen LogP contribution in [-0.4, -0.2) is 10.1 Å². The summed E-state index contributed by atoms with van der Waals surface area (Å²) < 4.78 is 18.2. The standard InChI is InChI=1S/C14H18FN3O/c1-4-11(16)12-17-13(18-19-12)14(2,3)9-5-7-10(15)8-6-9/h5-8,11H,4,16H2,1-3H3/t11-/m1/s1. The van der Waals surface area contributed by atoms with Crippen LogP contribution in [0.4, 0.5) is 4.39 Å². The van der Waals surface area contributed by atoms with Crippen molar-refractivity contribution >= 4 is 0 Å². The minimum absolute atomic E-state index is 0.245. The number of hydrogen-bond donors (Lipinski definition) is 1. The summed E-state index contributed by atoms with van der Waals surface area (Å²) in [6.07, 6.45) is 0.735. The fourth-order valence-corrected chi connectivity index (χ4v) is 1.81. The maximum absolute atomic E-state index is 13.0. The molecule has 0 saturated heterocycles. The molecule has 2 aromatic rings. The molecule has 19 heavy (non-hydrogen) atoms. The largest absolute Gasteiger partial charge is 0.338 e. The van der Waals surface area contributed by atoms with Gasteiger partial charge in [0, 0.05) is 0 Å². The van der Waals surface area contributed by atoms with Crippen LogP contribution >= 0.6 is 0 Å². The van der Waals surface area contributed by atoms with Crippen molar-refractivity contribution in [1.29, 1.82) is 0 Å². The second-order valence-corrected chi connectivity index (χ2v) is 5.10. The van der Waals surface area contributed by atoms with E-state index < -0.39 is 5.41 Å². The molecule has 1 heterocycles. The number of aromatic nitrogens is 2. The summed E-state index contributed by atoms with van der Waals surface area (Å²) >= 11 is 0. The lowest BCUT2D eigenvalue weighted by molar-refractivity contribution is 0.343. The topological polar surface area (TPSA) is 64.9 Å². The second-order valence-electron chi connectivity index (χ2n) is 5.10. The third kappa shape index (κ3) is 2.66. The van der Waals surface area contributed by atoms with E-state index >= 15 is 0 Å². The second kappa shape index (κ2) is 5.09. The van der Waals surface area contributed by atoms with Gasteiger partial charge in [-0.05, 0) is 38.0 Å². The molecule has 0 saturated carbocycles. The molecule has 0 aliphatic rings. The Morgan fingerprint density at radius 1 is 1.32 bits per heavy atom. The van der Waals surface area contributed by atoms with E-state index in [4.69, 9.17) is 10.3 Å². The molecule has 0 bridgehead atoms. The maximum Gasteiger partial charge on any atom is 0.243 e. The summed E-state index contributed by atoms with van der Waals surface area (Å²) in [5, 5.41) is 4.00. The van der Waals surface area contributed by atoms with Crippen LogP contribution in [0.15, 0.2) is 28.8 Å². The molecule has 0 aliphatic heterocycles. The van der Waals surface area contributed by atoms with E-state index in [0.717, 1.165) is 12.0 Å². The average Bonchev–Trinajstić information content (AvgIpc) is 2.88. The average molecular weight is 263 g/mol. The molecule has 4 nitrogen and oxygen atoms in total. The van der Waals surface area contributed by atoms with Gasteiger partial charge in [-0.2, -0.15) is 4.98 Å². The molecule has 5 heteroatoms. The van der Waals surface area contributed by atoms with Crippen LogP contribution in [0.2, 0.25) is 0 Å². The van der Waals surface area contributed by atoms with E-state index in [9.17, 15) is 4.39 Å². The number of nitrogens with zero attached hydrogens (tertiary/aromatic N) is 2. The number of halogens is 1. The van der Waals surface area contributed by atoms with Gasteiger partial charge >= 0.3 is 0 Å². The minimum atomic E-state index is -0.455. The quantitative estimate of drug-likeness (QED) is 0.921. The lowest BCUT2D eigenvalue weighted by atomic mass is 9.84. The zero-order valence-corrected chi connectivity index (χ0v) is 11.4. The van der Waals surface area contributed by atoms with Crippen LogP contribution in [-0.2, 0) is 5.41 Å². The number of benzene rings is 1. The molecule has 1 aromatic carbocycles. The Hall–Kier alpha value is -1.75. The first kappa shape index (κ1) is 13.7. The normalized spacial score (nSPS) is 13.5. The Bertz CT molecular complexity index is 548. The van der Waals surface area contributed by atoms with Crippen molar-refractivity contribution in [3.63, 3.8) is 0 Å². The first-order valence-electron chi connectivity index (χ1n) is 6.31. The Morgan fingerprint density at radius 3 is 2.53 bits per heavy atom. The molecule has 102 valence electrons. The van der Waals surface area contributed by atoms with Crippen LogP contribution in [0.25, 0.3) is 0 Å². The molecule has 2 rings (SSSR count). The smallest absolute Gasteiger partial charge is 0.243 e. The van der Waals surface area contributed by atoms with E-state index in [1.54, 1.807) is 12.1 Å². The van der Waals surface area contributed by atoms with Gasteiger partial charge in [0.15, 0.2) is 5.82 Å². The lowest BCUT2D eigenvalue weighted by Gasteiger charge is -2.20. The van der Waals surface area contributed by atoms with Crippen molar-refractivity contribution in [2.75, 3.05) is 0 Å². The molecule has 0 unspecified atom stereocenters. The number of nitrogens with two attached hydrogens (primary N) is 1. The third-order valence-corrected chi connectivity index (χ3v) is 3.32. The van der Waals surface area contributed by atoms with E-state index in [1.165, 1.54) is 12.1 Å². The summed E-state index contributed by atoms with van der Waals surface area (Å²) in [6, 6.07) is 6.06. The summed E-state index contributed by atoms with van der Waals surface area (Å²) in [4.78, 5) is 4.35. The SMILES string of the molecule is CC[C@@H](N)c1nc(C(C)(C)c2ccc(F)cc2)no1. The Balaban J connectivity index is 2.33. The zero-order chi connectivity index (χ0) is 14.0. The van der Waals surface area contributed by atoms with E-state index in [2.05, 4.69) is 10.1 Å². The van der Waals surface area contributed by atoms with Crippen LogP contribution in [0, 0.1) is 5.82 Å². The Morgan fingerprint density at radius 2 is 1.95 bits per heavy atom. The van der Waals surface area contributed by atoms with Gasteiger partial charge in [0.05, 0.1) is 11.5 Å². The van der Waals surface area contributed by atoms with Crippen LogP contribution < -0.4 is 5.73 Å². The summed E-state index contributed by atoms with van der Waals surface area (Å²) in [5.74, 6) is 0.729. The highest BCUT2D eigenvalue weighted by molar-refractivity contribution is 5.30. The van der Waals surface area contributed by atoms with Crippen molar-refractivity contribution in [1.82, 2.24) is 10.1 Å². The Labute approximate surface area is 111 Å². The van der Waals surface area contributed by atoms with Gasteiger partial charge in [0.25, 0.3) is 0 Å². The molecule has 0 radical (unpaired) electrons. The van der Waals surface area contributed by atoms with Gasteiger partial charge < -0.3 is 10.3 Å². The first-order chi connectivity index (χ1) is 8.95. The molecular weight excluding hydrogens is 245 g/mol. The van der Waals surface area contributed by atoms with E-state index in [1.807, 2.05) is 20.8 Å².